The average Bonchev–Trinajstić information content (AvgIpc) is 1.94. The second-order valence-corrected chi connectivity index (χ2v) is 1.69. The number of hydrogen-bond acceptors (Lipinski definition) is 3. The number of carbonyl (C=O) groups excluding carboxylic acids is 1. The minimum Gasteiger partial charge on any atom is -0.506 e. The second-order valence-electron chi connectivity index (χ2n) is 1.69. The predicted molar refractivity (Wildman–Crippen MR) is 35.9 cm³/mol. The molecule has 0 aliphatic carbocycles. The maximum absolute atomic E-state index is 9.72. The molecule has 0 aromatic heterocycles. The summed E-state index contributed by atoms with van der Waals surface area (Å²) in [6.07, 6.45) is 1.34. The molecule has 1 rings (SSSR count). The van der Waals surface area contributed by atoms with Crippen LogP contribution >= 0.6 is 0 Å². The minimum absolute atomic E-state index is 0.00847. The van der Waals surface area contributed by atoms with Gasteiger partial charge in [0.2, 0.25) is 6.08 Å². The van der Waals surface area contributed by atoms with Gasteiger partial charge >= 0.3 is 0 Å². The van der Waals surface area contributed by atoms with Gasteiger partial charge in [-0.25, -0.2) is 4.79 Å². The first kappa shape index (κ1) is 6.52. The normalized spacial score (nSPS) is 8.40. The third kappa shape index (κ3) is 1.21. The Balaban J connectivity index is 3.14. The predicted octanol–water partition coefficient (Wildman–Crippen LogP) is 1.36. The van der Waals surface area contributed by atoms with Gasteiger partial charge in [0.1, 0.15) is 11.4 Å². The van der Waals surface area contributed by atoms with E-state index in [1.54, 1.807) is 12.1 Å². The first-order valence-corrected chi connectivity index (χ1v) is 2.70. The van der Waals surface area contributed by atoms with E-state index < -0.39 is 0 Å². The van der Waals surface area contributed by atoms with E-state index >= 15 is 0 Å². The number of rotatable bonds is 1. The summed E-state index contributed by atoms with van der Waals surface area (Å²) in [5, 5.41) is 8.97. The molecular weight excluding hydrogens is 130 g/mol. The van der Waals surface area contributed by atoms with Crippen molar-refractivity contribution < 1.29 is 9.90 Å². The van der Waals surface area contributed by atoms with Gasteiger partial charge in [0.25, 0.3) is 0 Å². The number of nitrogens with zero attached hydrogens (tertiary/aromatic N) is 1. The first-order valence-electron chi connectivity index (χ1n) is 2.70. The number of benzene rings is 1. The third-order valence-electron chi connectivity index (χ3n) is 1.05. The molecule has 3 nitrogen and oxygen atoms in total. The van der Waals surface area contributed by atoms with Gasteiger partial charge in [-0.3, -0.25) is 0 Å². The van der Waals surface area contributed by atoms with Crippen LogP contribution in [-0.4, -0.2) is 11.2 Å². The van der Waals surface area contributed by atoms with Crippen LogP contribution in [0.4, 0.5) is 5.69 Å². The lowest BCUT2D eigenvalue weighted by Crippen LogP contribution is -1.64. The number of phenols is 1. The molecule has 0 aliphatic heterocycles. The van der Waals surface area contributed by atoms with Crippen molar-refractivity contribution in [3.8, 4) is 5.75 Å². The number of para-hydroxylation sites is 2. The molecule has 0 bridgehead atoms. The largest absolute Gasteiger partial charge is 0.506 e. The van der Waals surface area contributed by atoms with Crippen LogP contribution in [0.2, 0.25) is 0 Å². The molecule has 1 N–H and O–H groups in total. The van der Waals surface area contributed by atoms with Crippen LogP contribution in [0.3, 0.4) is 0 Å². The van der Waals surface area contributed by atoms with Gasteiger partial charge < -0.3 is 5.11 Å². The fourth-order valence-corrected chi connectivity index (χ4v) is 0.608. The van der Waals surface area contributed by atoms with Crippen LogP contribution in [-0.2, 0) is 4.79 Å². The molecule has 0 fully saturated rings. The Labute approximate surface area is 57.6 Å². The number of hydrogen-bond donors (Lipinski definition) is 1. The van der Waals surface area contributed by atoms with E-state index in [-0.39, 0.29) is 11.4 Å². The maximum atomic E-state index is 9.72. The minimum atomic E-state index is -0.00847. The highest BCUT2D eigenvalue weighted by Gasteiger charge is 1.93. The van der Waals surface area contributed by atoms with E-state index in [1.165, 1.54) is 18.2 Å². The number of aromatic hydroxyl groups is 1. The zero-order chi connectivity index (χ0) is 7.40. The Kier molecular flexibility index (Phi) is 1.83. The lowest BCUT2D eigenvalue weighted by molar-refractivity contribution is 0.476. The number of isocyanates is 1. The Hall–Kier alpha value is -1.60. The molecule has 50 valence electrons. The molecule has 0 heterocycles. The summed E-state index contributed by atoms with van der Waals surface area (Å²) in [6.45, 7) is 0. The molecule has 0 atom stereocenters. The first-order chi connectivity index (χ1) is 4.84. The van der Waals surface area contributed by atoms with Gasteiger partial charge in [-0.05, 0) is 12.1 Å². The lowest BCUT2D eigenvalue weighted by atomic mass is 10.3. The summed E-state index contributed by atoms with van der Waals surface area (Å²) in [6, 6.07) is 6.31. The maximum Gasteiger partial charge on any atom is 0.240 e. The van der Waals surface area contributed by atoms with Gasteiger partial charge in [0.05, 0.1) is 0 Å². The van der Waals surface area contributed by atoms with Crippen LogP contribution in [0.25, 0.3) is 0 Å². The highest BCUT2D eigenvalue weighted by atomic mass is 16.3. The standard InChI is InChI=1S/C7H5NO2/c9-5-8-6-3-1-2-4-7(6)10/h1-4,10H. The van der Waals surface area contributed by atoms with E-state index in [1.807, 2.05) is 0 Å². The van der Waals surface area contributed by atoms with Crippen molar-refractivity contribution >= 4 is 11.8 Å². The van der Waals surface area contributed by atoms with Crippen LogP contribution in [0.1, 0.15) is 0 Å². The molecular formula is C7H5NO2. The van der Waals surface area contributed by atoms with Crippen molar-refractivity contribution in [2.24, 2.45) is 4.99 Å². The van der Waals surface area contributed by atoms with Gasteiger partial charge in [0.15, 0.2) is 0 Å². The number of aliphatic imine (C=N–C) groups is 1. The summed E-state index contributed by atoms with van der Waals surface area (Å²) in [5.74, 6) is -0.00847. The monoisotopic (exact) mass is 135 g/mol. The van der Waals surface area contributed by atoms with Crippen LogP contribution in [0, 0.1) is 0 Å². The fourth-order valence-electron chi connectivity index (χ4n) is 0.608. The van der Waals surface area contributed by atoms with Crippen LogP contribution in [0.15, 0.2) is 29.3 Å². The van der Waals surface area contributed by atoms with E-state index in [2.05, 4.69) is 4.99 Å². The van der Waals surface area contributed by atoms with Crippen LogP contribution in [0.5, 0.6) is 5.75 Å². The topological polar surface area (TPSA) is 49.7 Å². The summed E-state index contributed by atoms with van der Waals surface area (Å²) in [5.41, 5.74) is 0.248. The van der Waals surface area contributed by atoms with Crippen molar-refractivity contribution in [3.63, 3.8) is 0 Å². The van der Waals surface area contributed by atoms with E-state index in [0.717, 1.165) is 0 Å². The quantitative estimate of drug-likeness (QED) is 0.467. The van der Waals surface area contributed by atoms with Crippen molar-refractivity contribution in [1.29, 1.82) is 0 Å². The number of phenolic OH excluding ortho intramolecular Hbond substituents is 1. The molecule has 3 heteroatoms. The SMILES string of the molecule is O=C=Nc1ccccc1O. The highest BCUT2D eigenvalue weighted by molar-refractivity contribution is 5.56. The van der Waals surface area contributed by atoms with E-state index in [0.29, 0.717) is 0 Å². The smallest absolute Gasteiger partial charge is 0.240 e. The van der Waals surface area contributed by atoms with Crippen molar-refractivity contribution in [3.05, 3.63) is 24.3 Å². The van der Waals surface area contributed by atoms with Crippen molar-refractivity contribution in [2.75, 3.05) is 0 Å². The van der Waals surface area contributed by atoms with Crippen molar-refractivity contribution in [2.45, 2.75) is 0 Å². The Morgan fingerprint density at radius 2 is 2.10 bits per heavy atom. The molecule has 0 saturated carbocycles. The Bertz CT molecular complexity index is 277. The molecule has 0 radical (unpaired) electrons. The van der Waals surface area contributed by atoms with Gasteiger partial charge in [-0.2, -0.15) is 4.99 Å². The molecule has 0 saturated heterocycles. The molecule has 1 aromatic carbocycles. The van der Waals surface area contributed by atoms with Gasteiger partial charge in [0, 0.05) is 0 Å². The van der Waals surface area contributed by atoms with E-state index in [4.69, 9.17) is 5.11 Å². The Morgan fingerprint density at radius 3 is 2.70 bits per heavy atom. The summed E-state index contributed by atoms with van der Waals surface area (Å²) >= 11 is 0. The summed E-state index contributed by atoms with van der Waals surface area (Å²) in [7, 11) is 0. The lowest BCUT2D eigenvalue weighted by Gasteiger charge is -1.91. The van der Waals surface area contributed by atoms with E-state index in [9.17, 15) is 4.79 Å². The molecule has 1 aromatic rings. The van der Waals surface area contributed by atoms with Gasteiger partial charge in [-0.1, -0.05) is 12.1 Å². The molecule has 0 aliphatic rings. The molecule has 0 spiro atoms. The molecule has 10 heavy (non-hydrogen) atoms. The van der Waals surface area contributed by atoms with Crippen molar-refractivity contribution in [1.82, 2.24) is 0 Å². The highest BCUT2D eigenvalue weighted by Crippen LogP contribution is 2.23. The molecule has 0 amide bonds. The zero-order valence-corrected chi connectivity index (χ0v) is 5.11. The summed E-state index contributed by atoms with van der Waals surface area (Å²) in [4.78, 5) is 13.0. The zero-order valence-electron chi connectivity index (χ0n) is 5.11. The summed E-state index contributed by atoms with van der Waals surface area (Å²) < 4.78 is 0. The van der Waals surface area contributed by atoms with Gasteiger partial charge in [-0.15, -0.1) is 0 Å². The average molecular weight is 135 g/mol. The van der Waals surface area contributed by atoms with Crippen LogP contribution < -0.4 is 0 Å². The second kappa shape index (κ2) is 2.80. The Morgan fingerprint density at radius 1 is 1.40 bits per heavy atom. The third-order valence-corrected chi connectivity index (χ3v) is 1.05. The fraction of sp³-hybridized carbons (Fsp3) is 0. The molecule has 0 unspecified atom stereocenters.